The average Bonchev–Trinajstić information content (AvgIpc) is 3.46. The predicted molar refractivity (Wildman–Crippen MR) is 223 cm³/mol. The Bertz CT molecular complexity index is 2760. The van der Waals surface area contributed by atoms with Gasteiger partial charge in [0.1, 0.15) is 11.3 Å². The van der Waals surface area contributed by atoms with Crippen molar-refractivity contribution in [2.75, 3.05) is 25.6 Å². The summed E-state index contributed by atoms with van der Waals surface area (Å²) in [6.07, 6.45) is 7.12. The molecule has 16 heteroatoms. The van der Waals surface area contributed by atoms with Crippen LogP contribution in [0.25, 0.3) is 44.3 Å². The van der Waals surface area contributed by atoms with Crippen LogP contribution in [0.3, 0.4) is 0 Å². The van der Waals surface area contributed by atoms with E-state index in [1.54, 1.807) is 83.7 Å². The number of amides is 2. The number of carbonyl (C=O) groups excluding carboxylic acids is 2. The molecule has 0 spiro atoms. The van der Waals surface area contributed by atoms with Crippen molar-refractivity contribution in [3.05, 3.63) is 139 Å². The molecule has 0 aliphatic carbocycles. The van der Waals surface area contributed by atoms with Crippen molar-refractivity contribution < 1.29 is 9.59 Å². The maximum absolute atomic E-state index is 13.6. The second-order valence-corrected chi connectivity index (χ2v) is 14.7. The Morgan fingerprint density at radius 1 is 0.571 bits per heavy atom. The molecule has 282 valence electrons. The van der Waals surface area contributed by atoms with Crippen LogP contribution in [0.15, 0.2) is 117 Å². The molecule has 7 aromatic rings. The van der Waals surface area contributed by atoms with Crippen molar-refractivity contribution in [2.45, 2.75) is 23.4 Å². The number of halogens is 2. The zero-order valence-corrected chi connectivity index (χ0v) is 33.1. The highest BCUT2D eigenvalue weighted by atomic mass is 35.5. The Morgan fingerprint density at radius 3 is 1.39 bits per heavy atom. The van der Waals surface area contributed by atoms with E-state index in [2.05, 4.69) is 19.9 Å². The van der Waals surface area contributed by atoms with Gasteiger partial charge in [-0.1, -0.05) is 95.3 Å². The van der Waals surface area contributed by atoms with Gasteiger partial charge in [0.25, 0.3) is 22.9 Å². The van der Waals surface area contributed by atoms with E-state index in [0.717, 1.165) is 5.39 Å². The molecule has 2 amide bonds. The lowest BCUT2D eigenvalue weighted by atomic mass is 10.1. The van der Waals surface area contributed by atoms with E-state index < -0.39 is 0 Å². The molecule has 56 heavy (non-hydrogen) atoms. The standard InChI is InChI=1S/C24H17ClN4O3S.C16H15ClN4OS/c1-33-24-26-13-14-12-18(15-6-4-5-9-19(15)25)23(32)28(20(14)27-24)10-11-29-21(30)16-7-2-3-8-17(16)22(29)31;1-23-16-19-9-10-8-12(11-4-2-3-5-13(11)17)15(22)21(7-6-18)14(10)20-16/h2-9,12-13H,10-11H2,1H3;2-5,8-9H,6-7,18H2,1H3. The van der Waals surface area contributed by atoms with E-state index in [1.165, 1.54) is 33.0 Å². The van der Waals surface area contributed by atoms with Gasteiger partial charge in [-0.2, -0.15) is 0 Å². The van der Waals surface area contributed by atoms with Gasteiger partial charge in [0.15, 0.2) is 10.3 Å². The van der Waals surface area contributed by atoms with Gasteiger partial charge in [0, 0.05) is 81.6 Å². The van der Waals surface area contributed by atoms with Gasteiger partial charge in [0.05, 0.1) is 11.1 Å². The Morgan fingerprint density at radius 2 is 0.982 bits per heavy atom. The average molecular weight is 824 g/mol. The summed E-state index contributed by atoms with van der Waals surface area (Å²) < 4.78 is 3.08. The summed E-state index contributed by atoms with van der Waals surface area (Å²) in [5.41, 5.74) is 9.20. The topological polar surface area (TPSA) is 159 Å². The molecule has 2 N–H and O–H groups in total. The fraction of sp³-hybridized carbons (Fsp3) is 0.150. The molecule has 8 rings (SSSR count). The fourth-order valence-electron chi connectivity index (χ4n) is 6.41. The summed E-state index contributed by atoms with van der Waals surface area (Å²) >= 11 is 15.4. The summed E-state index contributed by atoms with van der Waals surface area (Å²) in [7, 11) is 0. The van der Waals surface area contributed by atoms with Crippen molar-refractivity contribution in [3.8, 4) is 22.3 Å². The molecule has 0 saturated carbocycles. The molecule has 1 aliphatic rings. The van der Waals surface area contributed by atoms with Crippen LogP contribution < -0.4 is 16.9 Å². The van der Waals surface area contributed by atoms with E-state index >= 15 is 0 Å². The lowest BCUT2D eigenvalue weighted by molar-refractivity contribution is 0.0649. The second kappa shape index (κ2) is 16.8. The van der Waals surface area contributed by atoms with Gasteiger partial charge in [-0.3, -0.25) is 33.2 Å². The number of pyridine rings is 2. The van der Waals surface area contributed by atoms with Crippen LogP contribution in [-0.4, -0.2) is 71.4 Å². The summed E-state index contributed by atoms with van der Waals surface area (Å²) in [6, 6.07) is 24.6. The van der Waals surface area contributed by atoms with Crippen LogP contribution in [0.4, 0.5) is 0 Å². The second-order valence-electron chi connectivity index (χ2n) is 12.4. The van der Waals surface area contributed by atoms with Crippen LogP contribution in [-0.2, 0) is 13.1 Å². The third-order valence-corrected chi connectivity index (χ3v) is 10.9. The largest absolute Gasteiger partial charge is 0.329 e. The fourth-order valence-corrected chi connectivity index (χ4v) is 7.56. The molecule has 0 saturated heterocycles. The molecular weight excluding hydrogens is 792 g/mol. The highest BCUT2D eigenvalue weighted by molar-refractivity contribution is 7.98. The summed E-state index contributed by atoms with van der Waals surface area (Å²) in [4.78, 5) is 70.8. The first-order valence-corrected chi connectivity index (χ1v) is 20.4. The number of fused-ring (bicyclic) bond motifs is 3. The van der Waals surface area contributed by atoms with Gasteiger partial charge in [-0.25, -0.2) is 19.9 Å². The molecule has 3 aromatic carbocycles. The number of nitrogens with two attached hydrogens (primary N) is 1. The number of thioether (sulfide) groups is 2. The molecule has 12 nitrogen and oxygen atoms in total. The minimum Gasteiger partial charge on any atom is -0.329 e. The minimum absolute atomic E-state index is 0.0337. The van der Waals surface area contributed by atoms with Crippen LogP contribution in [0.2, 0.25) is 10.0 Å². The van der Waals surface area contributed by atoms with Crippen molar-refractivity contribution in [1.29, 1.82) is 0 Å². The third-order valence-electron chi connectivity index (χ3n) is 9.08. The number of nitrogens with zero attached hydrogens (tertiary/aromatic N) is 7. The maximum atomic E-state index is 13.6. The van der Waals surface area contributed by atoms with Gasteiger partial charge in [-0.15, -0.1) is 0 Å². The monoisotopic (exact) mass is 822 g/mol. The van der Waals surface area contributed by atoms with E-state index in [9.17, 15) is 19.2 Å². The van der Waals surface area contributed by atoms with Gasteiger partial charge in [0.2, 0.25) is 0 Å². The normalized spacial score (nSPS) is 12.3. The number of aromatic nitrogens is 6. The van der Waals surface area contributed by atoms with Crippen molar-refractivity contribution in [2.24, 2.45) is 5.73 Å². The molecule has 0 atom stereocenters. The minimum atomic E-state index is -0.366. The zero-order chi connectivity index (χ0) is 39.5. The van der Waals surface area contributed by atoms with Crippen molar-refractivity contribution in [3.63, 3.8) is 0 Å². The van der Waals surface area contributed by atoms with Crippen LogP contribution >= 0.6 is 46.7 Å². The summed E-state index contributed by atoms with van der Waals surface area (Å²) in [5, 5.41) is 3.55. The molecule has 0 radical (unpaired) electrons. The van der Waals surface area contributed by atoms with E-state index in [0.29, 0.717) is 83.5 Å². The quantitative estimate of drug-likeness (QED) is 0.0915. The molecule has 1 aliphatic heterocycles. The van der Waals surface area contributed by atoms with Crippen LogP contribution in [0.1, 0.15) is 20.7 Å². The number of hydrogen-bond donors (Lipinski definition) is 1. The number of hydrogen-bond acceptors (Lipinski definition) is 11. The number of rotatable bonds is 9. The lowest BCUT2D eigenvalue weighted by Crippen LogP contribution is -2.35. The predicted octanol–water partition coefficient (Wildman–Crippen LogP) is 6.92. The van der Waals surface area contributed by atoms with Crippen LogP contribution in [0.5, 0.6) is 0 Å². The highest BCUT2D eigenvalue weighted by Gasteiger charge is 2.35. The summed E-state index contributed by atoms with van der Waals surface area (Å²) in [6.45, 7) is 0.855. The van der Waals surface area contributed by atoms with E-state index in [4.69, 9.17) is 28.9 Å². The molecule has 0 unspecified atom stereocenters. The smallest absolute Gasteiger partial charge is 0.261 e. The van der Waals surface area contributed by atoms with Crippen LogP contribution in [0, 0.1) is 0 Å². The first-order valence-electron chi connectivity index (χ1n) is 17.2. The molecule has 0 bridgehead atoms. The zero-order valence-electron chi connectivity index (χ0n) is 30.0. The molecule has 4 aromatic heterocycles. The van der Waals surface area contributed by atoms with E-state index in [-0.39, 0.29) is 36.0 Å². The third kappa shape index (κ3) is 7.45. The number of carbonyl (C=O) groups is 2. The van der Waals surface area contributed by atoms with Crippen molar-refractivity contribution >= 4 is 80.6 Å². The van der Waals surface area contributed by atoms with Gasteiger partial charge >= 0.3 is 0 Å². The molecule has 5 heterocycles. The van der Waals surface area contributed by atoms with E-state index in [1.807, 2.05) is 30.7 Å². The van der Waals surface area contributed by atoms with Crippen molar-refractivity contribution in [1.82, 2.24) is 34.0 Å². The first kappa shape index (κ1) is 38.9. The SMILES string of the molecule is CSc1ncc2cc(-c3ccccc3Cl)c(=O)n(CCN)c2n1.CSc1ncc2cc(-c3ccccc3Cl)c(=O)n(CCN3C(=O)c4ccccc4C3=O)c2n1. The Labute approximate surface area is 338 Å². The Kier molecular flexibility index (Phi) is 11.6. The summed E-state index contributed by atoms with van der Waals surface area (Å²) in [5.74, 6) is -0.732. The highest BCUT2D eigenvalue weighted by Crippen LogP contribution is 2.29. The molecular formula is C40H32Cl2N8O4S2. The number of imide groups is 1. The maximum Gasteiger partial charge on any atom is 0.261 e. The number of benzene rings is 3. The Hall–Kier alpha value is -5.38. The van der Waals surface area contributed by atoms with Gasteiger partial charge < -0.3 is 5.73 Å². The Balaban J connectivity index is 0.000000183. The molecule has 0 fully saturated rings. The first-order chi connectivity index (χ1) is 27.1. The lowest BCUT2D eigenvalue weighted by Gasteiger charge is -2.17. The van der Waals surface area contributed by atoms with Gasteiger partial charge in [-0.05, 0) is 48.9 Å².